The van der Waals surface area contributed by atoms with Crippen molar-refractivity contribution in [1.29, 1.82) is 0 Å². The molecule has 3 heterocycles. The number of hydrogen-bond acceptors (Lipinski definition) is 6. The molecule has 7 heteroatoms. The number of Topliss-reactive ketones (excluding diaryl/α,β-unsaturated/α-hetero) is 1. The fourth-order valence-corrected chi connectivity index (χ4v) is 6.83. The second kappa shape index (κ2) is 9.63. The average Bonchev–Trinajstić information content (AvgIpc) is 3.16. The number of thiophene rings is 1. The molecule has 1 atom stereocenters. The third kappa shape index (κ3) is 4.41. The Morgan fingerprint density at radius 3 is 2.81 bits per heavy atom. The Morgan fingerprint density at radius 2 is 2.09 bits per heavy atom. The van der Waals surface area contributed by atoms with Gasteiger partial charge in [-0.1, -0.05) is 19.9 Å². The van der Waals surface area contributed by atoms with Crippen LogP contribution < -0.4 is 10.6 Å². The topological polar surface area (TPSA) is 71.1 Å². The second-order valence-electron chi connectivity index (χ2n) is 8.13. The van der Waals surface area contributed by atoms with E-state index in [1.807, 2.05) is 26.0 Å². The SMILES string of the molecule is CCSc1sc(CC)cc1[C@@H]1C(C(=O)Nc2cccc(C)n2)=C(C)NC2=C1C(=O)CCC2. The minimum atomic E-state index is -0.352. The van der Waals surface area contributed by atoms with Gasteiger partial charge in [0.15, 0.2) is 5.78 Å². The van der Waals surface area contributed by atoms with Crippen LogP contribution in [0.25, 0.3) is 0 Å². The molecule has 0 unspecified atom stereocenters. The molecule has 0 bridgehead atoms. The summed E-state index contributed by atoms with van der Waals surface area (Å²) in [4.78, 5) is 32.5. The van der Waals surface area contributed by atoms with Crippen molar-refractivity contribution in [2.75, 3.05) is 11.1 Å². The standard InChI is InChI=1S/C25H29N3O2S2/c1-5-16-13-17(25(32-16)31-6-2)22-21(24(30)28-20-12-7-9-14(3)26-20)15(4)27-18-10-8-11-19(29)23(18)22/h7,9,12-13,22,27H,5-6,8,10-11H2,1-4H3,(H,26,28,30)/t22-/m1/s1. The number of rotatable bonds is 6. The molecule has 0 saturated heterocycles. The van der Waals surface area contributed by atoms with Crippen molar-refractivity contribution >= 4 is 40.6 Å². The number of anilines is 1. The number of dihydropyridines is 1. The van der Waals surface area contributed by atoms with Gasteiger partial charge in [-0.2, -0.15) is 0 Å². The van der Waals surface area contributed by atoms with Crippen LogP contribution in [-0.2, 0) is 16.0 Å². The van der Waals surface area contributed by atoms with Crippen molar-refractivity contribution in [3.8, 4) is 0 Å². The highest BCUT2D eigenvalue weighted by Crippen LogP contribution is 2.47. The van der Waals surface area contributed by atoms with E-state index in [2.05, 4.69) is 35.5 Å². The summed E-state index contributed by atoms with van der Waals surface area (Å²) in [6.07, 6.45) is 3.15. The Morgan fingerprint density at radius 1 is 1.28 bits per heavy atom. The number of aromatic nitrogens is 1. The number of thioether (sulfide) groups is 1. The normalized spacial score (nSPS) is 18.5. The van der Waals surface area contributed by atoms with E-state index in [-0.39, 0.29) is 17.6 Å². The van der Waals surface area contributed by atoms with Gasteiger partial charge in [0, 0.05) is 45.5 Å². The van der Waals surface area contributed by atoms with Gasteiger partial charge in [0.1, 0.15) is 5.82 Å². The first-order valence-corrected chi connectivity index (χ1v) is 13.0. The van der Waals surface area contributed by atoms with E-state index in [0.717, 1.165) is 53.2 Å². The van der Waals surface area contributed by atoms with Crippen LogP contribution in [0.4, 0.5) is 5.82 Å². The minimum Gasteiger partial charge on any atom is -0.362 e. The van der Waals surface area contributed by atoms with Crippen LogP contribution in [0.15, 0.2) is 51.0 Å². The predicted molar refractivity (Wildman–Crippen MR) is 132 cm³/mol. The fourth-order valence-electron chi connectivity index (χ4n) is 4.45. The van der Waals surface area contributed by atoms with Crippen molar-refractivity contribution in [1.82, 2.24) is 10.3 Å². The van der Waals surface area contributed by atoms with Gasteiger partial charge < -0.3 is 10.6 Å². The lowest BCUT2D eigenvalue weighted by Gasteiger charge is -2.34. The molecule has 2 N–H and O–H groups in total. The molecule has 2 aliphatic rings. The number of ketones is 1. The molecule has 2 aromatic rings. The summed E-state index contributed by atoms with van der Waals surface area (Å²) in [7, 11) is 0. The van der Waals surface area contributed by atoms with Crippen molar-refractivity contribution in [3.63, 3.8) is 0 Å². The van der Waals surface area contributed by atoms with Crippen LogP contribution in [0.3, 0.4) is 0 Å². The van der Waals surface area contributed by atoms with Crippen LogP contribution in [0.5, 0.6) is 0 Å². The Bertz CT molecular complexity index is 1130. The van der Waals surface area contributed by atoms with E-state index in [9.17, 15) is 9.59 Å². The molecule has 0 fully saturated rings. The molecule has 1 aliphatic carbocycles. The van der Waals surface area contributed by atoms with Gasteiger partial charge in [-0.25, -0.2) is 4.98 Å². The number of pyridine rings is 1. The van der Waals surface area contributed by atoms with Crippen LogP contribution in [0.1, 0.15) is 62.1 Å². The summed E-state index contributed by atoms with van der Waals surface area (Å²) in [5.41, 5.74) is 5.09. The maximum Gasteiger partial charge on any atom is 0.255 e. The van der Waals surface area contributed by atoms with E-state index >= 15 is 0 Å². The maximum atomic E-state index is 13.6. The van der Waals surface area contributed by atoms with Gasteiger partial charge in [0.2, 0.25) is 0 Å². The van der Waals surface area contributed by atoms with E-state index in [1.54, 1.807) is 29.2 Å². The highest BCUT2D eigenvalue weighted by molar-refractivity contribution is 8.01. The molecule has 0 aromatic carbocycles. The monoisotopic (exact) mass is 467 g/mol. The summed E-state index contributed by atoms with van der Waals surface area (Å²) in [6, 6.07) is 7.77. The van der Waals surface area contributed by atoms with Crippen molar-refractivity contribution < 1.29 is 9.59 Å². The largest absolute Gasteiger partial charge is 0.362 e. The number of carbonyl (C=O) groups excluding carboxylic acids is 2. The van der Waals surface area contributed by atoms with E-state index in [0.29, 0.717) is 17.8 Å². The molecule has 1 aliphatic heterocycles. The Balaban J connectivity index is 1.83. The third-order valence-electron chi connectivity index (χ3n) is 5.86. The summed E-state index contributed by atoms with van der Waals surface area (Å²) < 4.78 is 1.20. The Labute approximate surface area is 197 Å². The van der Waals surface area contributed by atoms with Gasteiger partial charge in [0.05, 0.1) is 4.21 Å². The molecule has 0 spiro atoms. The third-order valence-corrected chi connectivity index (χ3v) is 8.34. The predicted octanol–water partition coefficient (Wildman–Crippen LogP) is 5.73. The van der Waals surface area contributed by atoms with Crippen molar-refractivity contribution in [2.24, 2.45) is 0 Å². The number of amides is 1. The molecule has 5 nitrogen and oxygen atoms in total. The zero-order valence-electron chi connectivity index (χ0n) is 19.0. The van der Waals surface area contributed by atoms with Crippen LogP contribution in [-0.4, -0.2) is 22.4 Å². The van der Waals surface area contributed by atoms with Gasteiger partial charge >= 0.3 is 0 Å². The minimum absolute atomic E-state index is 0.145. The molecule has 2 aromatic heterocycles. The van der Waals surface area contributed by atoms with Gasteiger partial charge in [-0.3, -0.25) is 9.59 Å². The zero-order valence-corrected chi connectivity index (χ0v) is 20.6. The lowest BCUT2D eigenvalue weighted by Crippen LogP contribution is -2.35. The highest BCUT2D eigenvalue weighted by Gasteiger charge is 2.40. The number of nitrogens with one attached hydrogen (secondary N) is 2. The molecular formula is C25H29N3O2S2. The van der Waals surface area contributed by atoms with Gasteiger partial charge in [-0.15, -0.1) is 23.1 Å². The first-order chi connectivity index (χ1) is 15.4. The smallest absolute Gasteiger partial charge is 0.255 e. The Kier molecular flexibility index (Phi) is 6.86. The molecule has 32 heavy (non-hydrogen) atoms. The molecule has 0 radical (unpaired) electrons. The average molecular weight is 468 g/mol. The first-order valence-electron chi connectivity index (χ1n) is 11.2. The number of hydrogen-bond donors (Lipinski definition) is 2. The quantitative estimate of drug-likeness (QED) is 0.531. The van der Waals surface area contributed by atoms with Gasteiger partial charge in [-0.05, 0) is 62.6 Å². The second-order valence-corrected chi connectivity index (χ2v) is 10.8. The van der Waals surface area contributed by atoms with Crippen molar-refractivity contribution in [2.45, 2.75) is 63.5 Å². The molecular weight excluding hydrogens is 438 g/mol. The molecule has 4 rings (SSSR count). The summed E-state index contributed by atoms with van der Waals surface area (Å²) >= 11 is 3.57. The molecule has 0 saturated carbocycles. The maximum absolute atomic E-state index is 13.6. The lowest BCUT2D eigenvalue weighted by atomic mass is 9.75. The first kappa shape index (κ1) is 22.8. The van der Waals surface area contributed by atoms with Gasteiger partial charge in [0.25, 0.3) is 5.91 Å². The number of nitrogens with zero attached hydrogens (tertiary/aromatic N) is 1. The van der Waals surface area contributed by atoms with Crippen LogP contribution >= 0.6 is 23.1 Å². The number of aryl methyl sites for hydroxylation is 2. The molecule has 1 amide bonds. The number of allylic oxidation sites excluding steroid dienone is 3. The lowest BCUT2D eigenvalue weighted by molar-refractivity contribution is -0.116. The zero-order chi connectivity index (χ0) is 22.8. The van der Waals surface area contributed by atoms with E-state index in [4.69, 9.17) is 0 Å². The van der Waals surface area contributed by atoms with Crippen molar-refractivity contribution in [3.05, 3.63) is 62.9 Å². The number of carbonyl (C=O) groups is 2. The van der Waals surface area contributed by atoms with Crippen LogP contribution in [0.2, 0.25) is 0 Å². The molecule has 168 valence electrons. The van der Waals surface area contributed by atoms with E-state index < -0.39 is 0 Å². The Hall–Kier alpha value is -2.38. The van der Waals surface area contributed by atoms with Crippen LogP contribution in [0, 0.1) is 6.92 Å². The highest BCUT2D eigenvalue weighted by atomic mass is 32.2. The summed E-state index contributed by atoms with van der Waals surface area (Å²) in [5, 5.41) is 6.38. The fraction of sp³-hybridized carbons (Fsp3) is 0.400. The summed E-state index contributed by atoms with van der Waals surface area (Å²) in [5.74, 6) is 1.05. The van der Waals surface area contributed by atoms with E-state index in [1.165, 1.54) is 9.09 Å². The summed E-state index contributed by atoms with van der Waals surface area (Å²) in [6.45, 7) is 8.12.